The third-order valence-corrected chi connectivity index (χ3v) is 3.29. The summed E-state index contributed by atoms with van der Waals surface area (Å²) < 4.78 is 1.51. The molecule has 2 atom stereocenters. The van der Waals surface area contributed by atoms with Crippen LogP contribution in [0.1, 0.15) is 37.7 Å². The van der Waals surface area contributed by atoms with E-state index >= 15 is 0 Å². The van der Waals surface area contributed by atoms with Gasteiger partial charge in [-0.3, -0.25) is 19.7 Å². The topological polar surface area (TPSA) is 114 Å². The van der Waals surface area contributed by atoms with Crippen LogP contribution in [-0.2, 0) is 11.3 Å². The fraction of sp³-hybridized carbons (Fsp3) is 0.538. The summed E-state index contributed by atoms with van der Waals surface area (Å²) in [6.07, 6.45) is 2.02. The summed E-state index contributed by atoms with van der Waals surface area (Å²) in [6.45, 7) is 5.43. The third-order valence-electron chi connectivity index (χ3n) is 3.29. The Morgan fingerprint density at radius 1 is 1.48 bits per heavy atom. The van der Waals surface area contributed by atoms with Crippen molar-refractivity contribution >= 4 is 17.6 Å². The van der Waals surface area contributed by atoms with E-state index in [4.69, 9.17) is 5.11 Å². The summed E-state index contributed by atoms with van der Waals surface area (Å²) in [4.78, 5) is 33.3. The molecule has 0 saturated carbocycles. The van der Waals surface area contributed by atoms with Crippen LogP contribution < -0.4 is 5.32 Å². The molecule has 1 aromatic heterocycles. The molecule has 0 spiro atoms. The summed E-state index contributed by atoms with van der Waals surface area (Å²) in [5.41, 5.74) is 0.000486. The molecule has 8 nitrogen and oxygen atoms in total. The first-order valence-electron chi connectivity index (χ1n) is 6.66. The Morgan fingerprint density at radius 2 is 2.10 bits per heavy atom. The van der Waals surface area contributed by atoms with Crippen LogP contribution in [-0.4, -0.2) is 32.5 Å². The number of carboxylic acid groups (broad SMARTS) is 1. The van der Waals surface area contributed by atoms with E-state index in [-0.39, 0.29) is 11.4 Å². The number of hydrogen-bond acceptors (Lipinski definition) is 4. The highest BCUT2D eigenvalue weighted by atomic mass is 16.6. The van der Waals surface area contributed by atoms with Crippen LogP contribution in [0.15, 0.2) is 12.3 Å². The van der Waals surface area contributed by atoms with Gasteiger partial charge in [0.25, 0.3) is 11.6 Å². The number of aliphatic carboxylic acids is 1. The molecule has 116 valence electrons. The van der Waals surface area contributed by atoms with Crippen molar-refractivity contribution in [3.63, 3.8) is 0 Å². The average Bonchev–Trinajstić information content (AvgIpc) is 2.82. The highest BCUT2D eigenvalue weighted by Gasteiger charge is 2.24. The Balaban J connectivity index is 2.95. The summed E-state index contributed by atoms with van der Waals surface area (Å²) in [5.74, 6) is -2.28. The van der Waals surface area contributed by atoms with Crippen LogP contribution in [0.2, 0.25) is 0 Å². The van der Waals surface area contributed by atoms with Gasteiger partial charge in [0.15, 0.2) is 0 Å². The zero-order chi connectivity index (χ0) is 16.2. The SMILES string of the molecule is CCCn1cc([N+](=O)[O-])cc1C(=O)NC(C)C(C)C(=O)O. The van der Waals surface area contributed by atoms with Crippen LogP contribution in [0, 0.1) is 16.0 Å². The Labute approximate surface area is 121 Å². The van der Waals surface area contributed by atoms with Gasteiger partial charge < -0.3 is 15.0 Å². The lowest BCUT2D eigenvalue weighted by Gasteiger charge is -2.18. The van der Waals surface area contributed by atoms with Gasteiger partial charge >= 0.3 is 5.97 Å². The smallest absolute Gasteiger partial charge is 0.308 e. The van der Waals surface area contributed by atoms with Crippen molar-refractivity contribution in [2.75, 3.05) is 0 Å². The largest absolute Gasteiger partial charge is 0.481 e. The number of aryl methyl sites for hydroxylation is 1. The molecule has 0 saturated heterocycles. The quantitative estimate of drug-likeness (QED) is 0.586. The Morgan fingerprint density at radius 3 is 2.57 bits per heavy atom. The van der Waals surface area contributed by atoms with Crippen molar-refractivity contribution in [2.45, 2.75) is 39.8 Å². The molecule has 0 aromatic carbocycles. The second-order valence-corrected chi connectivity index (χ2v) is 4.92. The zero-order valence-corrected chi connectivity index (χ0v) is 12.2. The van der Waals surface area contributed by atoms with Gasteiger partial charge in [-0.1, -0.05) is 6.92 Å². The molecule has 0 bridgehead atoms. The molecule has 2 N–H and O–H groups in total. The molecule has 2 unspecified atom stereocenters. The minimum Gasteiger partial charge on any atom is -0.481 e. The van der Waals surface area contributed by atoms with E-state index in [2.05, 4.69) is 5.32 Å². The van der Waals surface area contributed by atoms with Gasteiger partial charge in [-0.2, -0.15) is 0 Å². The maximum atomic E-state index is 12.2. The highest BCUT2D eigenvalue weighted by Crippen LogP contribution is 2.17. The van der Waals surface area contributed by atoms with E-state index in [1.807, 2.05) is 6.92 Å². The van der Waals surface area contributed by atoms with Crippen LogP contribution in [0.25, 0.3) is 0 Å². The average molecular weight is 297 g/mol. The van der Waals surface area contributed by atoms with Crippen LogP contribution in [0.3, 0.4) is 0 Å². The second-order valence-electron chi connectivity index (χ2n) is 4.92. The number of carbonyl (C=O) groups is 2. The van der Waals surface area contributed by atoms with E-state index < -0.39 is 28.8 Å². The van der Waals surface area contributed by atoms with Crippen LogP contribution in [0.5, 0.6) is 0 Å². The van der Waals surface area contributed by atoms with Crippen molar-refractivity contribution in [3.8, 4) is 0 Å². The van der Waals surface area contributed by atoms with Gasteiger partial charge in [-0.25, -0.2) is 0 Å². The van der Waals surface area contributed by atoms with Gasteiger partial charge in [-0.15, -0.1) is 0 Å². The molecule has 1 aromatic rings. The fourth-order valence-corrected chi connectivity index (χ4v) is 1.83. The molecule has 0 aliphatic heterocycles. The first-order chi connectivity index (χ1) is 9.77. The minimum absolute atomic E-state index is 0.160. The maximum absolute atomic E-state index is 12.2. The number of nitro groups is 1. The number of hydrogen-bond donors (Lipinski definition) is 2. The van der Waals surface area contributed by atoms with Crippen molar-refractivity contribution in [2.24, 2.45) is 5.92 Å². The number of carboxylic acids is 1. The summed E-state index contributed by atoms with van der Waals surface area (Å²) >= 11 is 0. The number of nitrogens with zero attached hydrogens (tertiary/aromatic N) is 2. The van der Waals surface area contributed by atoms with Gasteiger partial charge in [0, 0.05) is 18.7 Å². The monoisotopic (exact) mass is 297 g/mol. The lowest BCUT2D eigenvalue weighted by molar-refractivity contribution is -0.384. The molecule has 21 heavy (non-hydrogen) atoms. The molecular formula is C13H19N3O5. The molecular weight excluding hydrogens is 278 g/mol. The summed E-state index contributed by atoms with van der Waals surface area (Å²) in [7, 11) is 0. The van der Waals surface area contributed by atoms with Gasteiger partial charge in [0.1, 0.15) is 5.69 Å². The van der Waals surface area contributed by atoms with Crippen molar-refractivity contribution in [1.29, 1.82) is 0 Å². The number of amides is 1. The third kappa shape index (κ3) is 4.04. The molecule has 0 radical (unpaired) electrons. The predicted octanol–water partition coefficient (Wildman–Crippen LogP) is 1.65. The van der Waals surface area contributed by atoms with Crippen molar-refractivity contribution in [1.82, 2.24) is 9.88 Å². The van der Waals surface area contributed by atoms with E-state index in [0.717, 1.165) is 0 Å². The van der Waals surface area contributed by atoms with Crippen molar-refractivity contribution in [3.05, 3.63) is 28.1 Å². The Kier molecular flexibility index (Phi) is 5.45. The molecule has 8 heteroatoms. The molecule has 0 fully saturated rings. The van der Waals surface area contributed by atoms with Gasteiger partial charge in [0.05, 0.1) is 17.0 Å². The highest BCUT2D eigenvalue weighted by molar-refractivity contribution is 5.94. The Bertz CT molecular complexity index is 552. The molecule has 1 heterocycles. The van der Waals surface area contributed by atoms with E-state index in [9.17, 15) is 19.7 Å². The fourth-order valence-electron chi connectivity index (χ4n) is 1.83. The minimum atomic E-state index is -1.02. The number of aromatic nitrogens is 1. The molecule has 1 rings (SSSR count). The first-order valence-corrected chi connectivity index (χ1v) is 6.66. The van der Waals surface area contributed by atoms with E-state index in [1.165, 1.54) is 23.8 Å². The van der Waals surface area contributed by atoms with E-state index in [0.29, 0.717) is 13.0 Å². The second kappa shape index (κ2) is 6.87. The summed E-state index contributed by atoms with van der Waals surface area (Å²) in [6, 6.07) is 0.613. The number of rotatable bonds is 7. The normalized spacial score (nSPS) is 13.5. The van der Waals surface area contributed by atoms with Crippen LogP contribution in [0.4, 0.5) is 5.69 Å². The molecule has 1 amide bonds. The maximum Gasteiger partial charge on any atom is 0.308 e. The predicted molar refractivity (Wildman–Crippen MR) is 75.1 cm³/mol. The van der Waals surface area contributed by atoms with Gasteiger partial charge in [0.2, 0.25) is 0 Å². The zero-order valence-electron chi connectivity index (χ0n) is 12.2. The van der Waals surface area contributed by atoms with Gasteiger partial charge in [-0.05, 0) is 20.3 Å². The van der Waals surface area contributed by atoms with Crippen molar-refractivity contribution < 1.29 is 19.6 Å². The molecule has 0 aliphatic carbocycles. The standard InChI is InChI=1S/C13H19N3O5/c1-4-5-15-7-10(16(20)21)6-11(15)12(17)14-9(3)8(2)13(18)19/h6-9H,4-5H2,1-3H3,(H,14,17)(H,18,19). The number of nitrogens with one attached hydrogen (secondary N) is 1. The number of carbonyl (C=O) groups excluding carboxylic acids is 1. The lowest BCUT2D eigenvalue weighted by atomic mass is 10.0. The lowest BCUT2D eigenvalue weighted by Crippen LogP contribution is -2.40. The summed E-state index contributed by atoms with van der Waals surface area (Å²) in [5, 5.41) is 22.3. The van der Waals surface area contributed by atoms with Crippen LogP contribution >= 0.6 is 0 Å². The molecule has 0 aliphatic rings. The Hall–Kier alpha value is -2.38. The van der Waals surface area contributed by atoms with E-state index in [1.54, 1.807) is 6.92 Å². The first kappa shape index (κ1) is 16.7.